The molecule has 0 radical (unpaired) electrons. The van der Waals surface area contributed by atoms with Gasteiger partial charge in [0.1, 0.15) is 0 Å². The summed E-state index contributed by atoms with van der Waals surface area (Å²) in [4.78, 5) is 0.304. The molecule has 0 saturated carbocycles. The van der Waals surface area contributed by atoms with Crippen LogP contribution in [0.4, 0.5) is 11.4 Å². The smallest absolute Gasteiger partial charge is 0.261 e. The van der Waals surface area contributed by atoms with Gasteiger partial charge in [-0.1, -0.05) is 6.07 Å². The molecule has 1 aliphatic heterocycles. The summed E-state index contributed by atoms with van der Waals surface area (Å²) < 4.78 is 28.4. The summed E-state index contributed by atoms with van der Waals surface area (Å²) in [6, 6.07) is 12.5. The van der Waals surface area contributed by atoms with Crippen LogP contribution in [0.15, 0.2) is 47.4 Å². The van der Waals surface area contributed by atoms with Crippen LogP contribution >= 0.6 is 22.6 Å². The molecule has 1 heterocycles. The van der Waals surface area contributed by atoms with Crippen LogP contribution in [-0.4, -0.2) is 15.0 Å². The first-order valence-electron chi connectivity index (χ1n) is 6.20. The Kier molecular flexibility index (Phi) is 3.59. The van der Waals surface area contributed by atoms with Crippen molar-refractivity contribution in [2.45, 2.75) is 11.3 Å². The summed E-state index contributed by atoms with van der Waals surface area (Å²) in [5.41, 5.74) is 2.66. The second-order valence-electron chi connectivity index (χ2n) is 4.61. The zero-order valence-electron chi connectivity index (χ0n) is 10.6. The predicted octanol–water partition coefficient (Wildman–Crippen LogP) is 3.06. The van der Waals surface area contributed by atoms with E-state index in [2.05, 4.69) is 32.6 Å². The lowest BCUT2D eigenvalue weighted by Gasteiger charge is -2.09. The molecule has 0 fully saturated rings. The third kappa shape index (κ3) is 2.76. The van der Waals surface area contributed by atoms with Crippen LogP contribution in [0, 0.1) is 3.57 Å². The van der Waals surface area contributed by atoms with Gasteiger partial charge in [0, 0.05) is 21.5 Å². The number of rotatable bonds is 3. The standard InChI is InChI=1S/C14H13IN2O2S/c15-11-2-1-3-12(9-11)17-20(18,19)13-4-5-14-10(8-13)6-7-16-14/h1-5,8-9,16-17H,6-7H2. The van der Waals surface area contributed by atoms with E-state index in [4.69, 9.17) is 0 Å². The number of nitrogens with one attached hydrogen (secondary N) is 2. The Hall–Kier alpha value is -1.28. The maximum absolute atomic E-state index is 12.4. The molecule has 0 aliphatic carbocycles. The first kappa shape index (κ1) is 13.7. The van der Waals surface area contributed by atoms with Crippen molar-refractivity contribution in [2.24, 2.45) is 0 Å². The number of halogens is 1. The summed E-state index contributed by atoms with van der Waals surface area (Å²) in [6.45, 7) is 0.864. The molecule has 2 aromatic carbocycles. The summed E-state index contributed by atoms with van der Waals surface area (Å²) in [5.74, 6) is 0. The fourth-order valence-corrected chi connectivity index (χ4v) is 3.86. The minimum absolute atomic E-state index is 0.304. The number of hydrogen-bond acceptors (Lipinski definition) is 3. The topological polar surface area (TPSA) is 58.2 Å². The van der Waals surface area contributed by atoms with Crippen LogP contribution in [0.3, 0.4) is 0 Å². The molecule has 0 atom stereocenters. The monoisotopic (exact) mass is 400 g/mol. The lowest BCUT2D eigenvalue weighted by molar-refractivity contribution is 0.601. The molecule has 0 unspecified atom stereocenters. The van der Waals surface area contributed by atoms with Crippen LogP contribution in [0.1, 0.15) is 5.56 Å². The molecule has 3 rings (SSSR count). The number of anilines is 2. The SMILES string of the molecule is O=S(=O)(Nc1cccc(I)c1)c1ccc2c(c1)CCN2. The van der Waals surface area contributed by atoms with Gasteiger partial charge in [-0.15, -0.1) is 0 Å². The fraction of sp³-hybridized carbons (Fsp3) is 0.143. The largest absolute Gasteiger partial charge is 0.384 e. The van der Waals surface area contributed by atoms with Crippen LogP contribution < -0.4 is 10.0 Å². The molecule has 4 nitrogen and oxygen atoms in total. The van der Waals surface area contributed by atoms with Crippen LogP contribution in [0.25, 0.3) is 0 Å². The zero-order valence-corrected chi connectivity index (χ0v) is 13.5. The molecule has 6 heteroatoms. The first-order chi connectivity index (χ1) is 9.54. The molecule has 0 amide bonds. The Morgan fingerprint density at radius 2 is 2.00 bits per heavy atom. The molecule has 1 aliphatic rings. The molecule has 104 valence electrons. The van der Waals surface area contributed by atoms with Crippen molar-refractivity contribution < 1.29 is 8.42 Å². The number of benzene rings is 2. The van der Waals surface area contributed by atoms with Gasteiger partial charge in [-0.3, -0.25) is 4.72 Å². The van der Waals surface area contributed by atoms with E-state index in [0.717, 1.165) is 27.8 Å². The van der Waals surface area contributed by atoms with Crippen molar-refractivity contribution in [1.29, 1.82) is 0 Å². The minimum atomic E-state index is -3.53. The van der Waals surface area contributed by atoms with Crippen molar-refractivity contribution in [3.05, 3.63) is 51.6 Å². The van der Waals surface area contributed by atoms with E-state index in [1.54, 1.807) is 24.3 Å². The van der Waals surface area contributed by atoms with Crippen molar-refractivity contribution in [3.63, 3.8) is 0 Å². The van der Waals surface area contributed by atoms with Crippen molar-refractivity contribution >= 4 is 44.0 Å². The number of sulfonamides is 1. The van der Waals surface area contributed by atoms with Gasteiger partial charge in [0.05, 0.1) is 4.90 Å². The third-order valence-electron chi connectivity index (χ3n) is 3.17. The highest BCUT2D eigenvalue weighted by atomic mass is 127. The normalized spacial score (nSPS) is 13.7. The molecule has 2 N–H and O–H groups in total. The maximum Gasteiger partial charge on any atom is 0.261 e. The maximum atomic E-state index is 12.4. The molecular formula is C14H13IN2O2S. The van der Waals surface area contributed by atoms with Gasteiger partial charge in [0.2, 0.25) is 0 Å². The van der Waals surface area contributed by atoms with Gasteiger partial charge in [0.25, 0.3) is 10.0 Å². The second kappa shape index (κ2) is 5.25. The highest BCUT2D eigenvalue weighted by Crippen LogP contribution is 2.26. The molecule has 0 saturated heterocycles. The van der Waals surface area contributed by atoms with Gasteiger partial charge >= 0.3 is 0 Å². The van der Waals surface area contributed by atoms with E-state index >= 15 is 0 Å². The Morgan fingerprint density at radius 1 is 1.15 bits per heavy atom. The van der Waals surface area contributed by atoms with Crippen LogP contribution in [0.2, 0.25) is 0 Å². The third-order valence-corrected chi connectivity index (χ3v) is 5.22. The van der Waals surface area contributed by atoms with Crippen LogP contribution in [0.5, 0.6) is 0 Å². The minimum Gasteiger partial charge on any atom is -0.384 e. The lowest BCUT2D eigenvalue weighted by atomic mass is 10.2. The van der Waals surface area contributed by atoms with E-state index in [9.17, 15) is 8.42 Å². The Balaban J connectivity index is 1.92. The average molecular weight is 400 g/mol. The Morgan fingerprint density at radius 3 is 2.80 bits per heavy atom. The predicted molar refractivity (Wildman–Crippen MR) is 88.6 cm³/mol. The van der Waals surface area contributed by atoms with Gasteiger partial charge in [-0.2, -0.15) is 0 Å². The summed E-state index contributed by atoms with van der Waals surface area (Å²) in [6.07, 6.45) is 0.863. The Bertz CT molecular complexity index is 760. The van der Waals surface area contributed by atoms with E-state index in [-0.39, 0.29) is 0 Å². The van der Waals surface area contributed by atoms with E-state index in [1.807, 2.05) is 18.2 Å². The number of hydrogen-bond donors (Lipinski definition) is 2. The van der Waals surface area contributed by atoms with E-state index in [1.165, 1.54) is 0 Å². The Labute approximate surface area is 131 Å². The molecule has 0 bridgehead atoms. The highest BCUT2D eigenvalue weighted by Gasteiger charge is 2.18. The summed E-state index contributed by atoms with van der Waals surface area (Å²) in [5, 5.41) is 3.22. The van der Waals surface area contributed by atoms with Gasteiger partial charge < -0.3 is 5.32 Å². The second-order valence-corrected chi connectivity index (χ2v) is 7.54. The van der Waals surface area contributed by atoms with Crippen LogP contribution in [-0.2, 0) is 16.4 Å². The number of fused-ring (bicyclic) bond motifs is 1. The van der Waals surface area contributed by atoms with Crippen molar-refractivity contribution in [2.75, 3.05) is 16.6 Å². The van der Waals surface area contributed by atoms with Gasteiger partial charge in [0.15, 0.2) is 0 Å². The lowest BCUT2D eigenvalue weighted by Crippen LogP contribution is -2.13. The highest BCUT2D eigenvalue weighted by molar-refractivity contribution is 14.1. The quantitative estimate of drug-likeness (QED) is 0.779. The summed E-state index contributed by atoms with van der Waals surface area (Å²) >= 11 is 2.15. The molecule has 2 aromatic rings. The van der Waals surface area contributed by atoms with Gasteiger partial charge in [-0.25, -0.2) is 8.42 Å². The zero-order chi connectivity index (χ0) is 14.2. The van der Waals surface area contributed by atoms with Crippen molar-refractivity contribution in [1.82, 2.24) is 0 Å². The molecule has 20 heavy (non-hydrogen) atoms. The van der Waals surface area contributed by atoms with E-state index in [0.29, 0.717) is 10.6 Å². The van der Waals surface area contributed by atoms with Gasteiger partial charge in [-0.05, 0) is 71.0 Å². The molecule has 0 spiro atoms. The van der Waals surface area contributed by atoms with E-state index < -0.39 is 10.0 Å². The van der Waals surface area contributed by atoms with Crippen molar-refractivity contribution in [3.8, 4) is 0 Å². The molecular weight excluding hydrogens is 387 g/mol. The average Bonchev–Trinajstić information content (AvgIpc) is 2.85. The first-order valence-corrected chi connectivity index (χ1v) is 8.76. The summed E-state index contributed by atoms with van der Waals surface area (Å²) in [7, 11) is -3.53. The fourth-order valence-electron chi connectivity index (χ4n) is 2.21. The molecule has 0 aromatic heterocycles.